The van der Waals surface area contributed by atoms with Gasteiger partial charge in [-0.3, -0.25) is 9.78 Å². The van der Waals surface area contributed by atoms with Crippen molar-refractivity contribution in [1.82, 2.24) is 10.3 Å². The Morgan fingerprint density at radius 1 is 1.12 bits per heavy atom. The molecular weight excluding hydrogens is 330 g/mol. The number of hydrogen-bond acceptors (Lipinski definition) is 5. The number of amides is 1. The Morgan fingerprint density at radius 2 is 1.88 bits per heavy atom. The number of aromatic nitrogens is 1. The highest BCUT2D eigenvalue weighted by Crippen LogP contribution is 2.32. The second-order valence-electron chi connectivity index (χ2n) is 6.29. The first-order valence-corrected chi connectivity index (χ1v) is 9.08. The Bertz CT molecular complexity index is 758. The predicted molar refractivity (Wildman–Crippen MR) is 101 cm³/mol. The third-order valence-corrected chi connectivity index (χ3v) is 4.23. The molecule has 3 rings (SSSR count). The molecule has 1 amide bonds. The van der Waals surface area contributed by atoms with Crippen LogP contribution in [0, 0.1) is 0 Å². The molecular formula is C20H25N3O3. The number of hydrogen-bond donors (Lipinski definition) is 1. The molecule has 0 saturated heterocycles. The van der Waals surface area contributed by atoms with E-state index in [-0.39, 0.29) is 12.7 Å². The van der Waals surface area contributed by atoms with Gasteiger partial charge in [0.25, 0.3) is 5.91 Å². The van der Waals surface area contributed by atoms with Crippen LogP contribution < -0.4 is 19.7 Å². The van der Waals surface area contributed by atoms with Gasteiger partial charge >= 0.3 is 0 Å². The predicted octanol–water partition coefficient (Wildman–Crippen LogP) is 3.37. The summed E-state index contributed by atoms with van der Waals surface area (Å²) in [5.41, 5.74) is 2.52. The third kappa shape index (κ3) is 4.25. The fourth-order valence-electron chi connectivity index (χ4n) is 2.97. The zero-order valence-corrected chi connectivity index (χ0v) is 15.3. The van der Waals surface area contributed by atoms with Gasteiger partial charge in [-0.1, -0.05) is 19.9 Å². The van der Waals surface area contributed by atoms with Crippen LogP contribution >= 0.6 is 0 Å². The van der Waals surface area contributed by atoms with Crippen molar-refractivity contribution in [3.05, 3.63) is 47.8 Å². The third-order valence-electron chi connectivity index (χ3n) is 4.23. The fourth-order valence-corrected chi connectivity index (χ4v) is 2.97. The number of nitrogens with zero attached hydrogens (tertiary/aromatic N) is 2. The molecule has 26 heavy (non-hydrogen) atoms. The molecule has 0 fully saturated rings. The quantitative estimate of drug-likeness (QED) is 0.787. The van der Waals surface area contributed by atoms with Crippen LogP contribution in [0.15, 0.2) is 36.7 Å². The molecule has 2 aromatic rings. The maximum Gasteiger partial charge on any atom is 0.253 e. The molecule has 1 aliphatic heterocycles. The Hall–Kier alpha value is -2.76. The first-order valence-electron chi connectivity index (χ1n) is 9.08. The highest BCUT2D eigenvalue weighted by molar-refractivity contribution is 5.94. The molecule has 1 N–H and O–H groups in total. The standard InChI is InChI=1S/C20H25N3O3/c1-3-7-23(8-4-2)17-10-16(12-21-13-17)20(24)22-11-15-5-6-18-19(9-15)26-14-25-18/h5-6,9-10,12-13H,3-4,7-8,11,14H2,1-2H3,(H,22,24). The second kappa shape index (κ2) is 8.56. The summed E-state index contributed by atoms with van der Waals surface area (Å²) in [5, 5.41) is 2.94. The van der Waals surface area contributed by atoms with E-state index in [1.54, 1.807) is 6.20 Å². The van der Waals surface area contributed by atoms with Gasteiger partial charge in [-0.25, -0.2) is 0 Å². The number of anilines is 1. The maximum atomic E-state index is 12.5. The van der Waals surface area contributed by atoms with Gasteiger partial charge in [0.05, 0.1) is 17.4 Å². The van der Waals surface area contributed by atoms with Crippen molar-refractivity contribution < 1.29 is 14.3 Å². The summed E-state index contributed by atoms with van der Waals surface area (Å²) >= 11 is 0. The molecule has 1 aromatic carbocycles. The normalized spacial score (nSPS) is 12.1. The van der Waals surface area contributed by atoms with Gasteiger partial charge in [-0.15, -0.1) is 0 Å². The van der Waals surface area contributed by atoms with E-state index in [0.29, 0.717) is 12.1 Å². The summed E-state index contributed by atoms with van der Waals surface area (Å²) in [4.78, 5) is 19.0. The summed E-state index contributed by atoms with van der Waals surface area (Å²) in [6.07, 6.45) is 5.54. The Kier molecular flexibility index (Phi) is 5.94. The van der Waals surface area contributed by atoms with Crippen molar-refractivity contribution in [2.45, 2.75) is 33.2 Å². The van der Waals surface area contributed by atoms with Gasteiger partial charge in [-0.2, -0.15) is 0 Å². The Morgan fingerprint density at radius 3 is 2.65 bits per heavy atom. The molecule has 0 atom stereocenters. The van der Waals surface area contributed by atoms with Crippen LogP contribution in [0.5, 0.6) is 11.5 Å². The van der Waals surface area contributed by atoms with Gasteiger partial charge in [0.1, 0.15) is 0 Å². The fraction of sp³-hybridized carbons (Fsp3) is 0.400. The minimum Gasteiger partial charge on any atom is -0.454 e. The molecule has 1 aromatic heterocycles. The number of carbonyl (C=O) groups is 1. The smallest absolute Gasteiger partial charge is 0.253 e. The highest BCUT2D eigenvalue weighted by atomic mass is 16.7. The lowest BCUT2D eigenvalue weighted by atomic mass is 10.2. The van der Waals surface area contributed by atoms with Crippen LogP contribution in [-0.4, -0.2) is 30.8 Å². The van der Waals surface area contributed by atoms with Crippen molar-refractivity contribution in [1.29, 1.82) is 0 Å². The average Bonchev–Trinajstić information content (AvgIpc) is 3.14. The van der Waals surface area contributed by atoms with Crippen molar-refractivity contribution >= 4 is 11.6 Å². The van der Waals surface area contributed by atoms with E-state index < -0.39 is 0 Å². The Balaban J connectivity index is 1.65. The van der Waals surface area contributed by atoms with Crippen molar-refractivity contribution in [2.24, 2.45) is 0 Å². The van der Waals surface area contributed by atoms with Crippen LogP contribution in [0.1, 0.15) is 42.6 Å². The summed E-state index contributed by atoms with van der Waals surface area (Å²) in [5.74, 6) is 1.32. The molecule has 138 valence electrons. The van der Waals surface area contributed by atoms with Crippen molar-refractivity contribution in [2.75, 3.05) is 24.8 Å². The monoisotopic (exact) mass is 355 g/mol. The van der Waals surface area contributed by atoms with E-state index in [0.717, 1.165) is 48.7 Å². The lowest BCUT2D eigenvalue weighted by Crippen LogP contribution is -2.26. The molecule has 0 radical (unpaired) electrons. The summed E-state index contributed by atoms with van der Waals surface area (Å²) in [6, 6.07) is 7.58. The van der Waals surface area contributed by atoms with E-state index in [9.17, 15) is 4.79 Å². The largest absolute Gasteiger partial charge is 0.454 e. The minimum atomic E-state index is -0.134. The van der Waals surface area contributed by atoms with Gasteiger partial charge in [0.15, 0.2) is 11.5 Å². The highest BCUT2D eigenvalue weighted by Gasteiger charge is 2.14. The van der Waals surface area contributed by atoms with Gasteiger partial charge in [-0.05, 0) is 36.6 Å². The van der Waals surface area contributed by atoms with E-state index >= 15 is 0 Å². The molecule has 1 aliphatic rings. The van der Waals surface area contributed by atoms with Gasteiger partial charge in [0.2, 0.25) is 6.79 Å². The van der Waals surface area contributed by atoms with E-state index in [2.05, 4.69) is 29.0 Å². The lowest BCUT2D eigenvalue weighted by molar-refractivity contribution is 0.0950. The molecule has 2 heterocycles. The van der Waals surface area contributed by atoms with E-state index in [1.165, 1.54) is 0 Å². The number of rotatable bonds is 8. The molecule has 6 heteroatoms. The van der Waals surface area contributed by atoms with E-state index in [1.807, 2.05) is 30.5 Å². The lowest BCUT2D eigenvalue weighted by Gasteiger charge is -2.23. The van der Waals surface area contributed by atoms with Gasteiger partial charge < -0.3 is 19.7 Å². The molecule has 0 saturated carbocycles. The SMILES string of the molecule is CCCN(CCC)c1cncc(C(=O)NCc2ccc3c(c2)OCO3)c1. The maximum absolute atomic E-state index is 12.5. The molecule has 0 unspecified atom stereocenters. The number of carbonyl (C=O) groups excluding carboxylic acids is 1. The molecule has 0 spiro atoms. The second-order valence-corrected chi connectivity index (χ2v) is 6.29. The number of fused-ring (bicyclic) bond motifs is 1. The number of nitrogens with one attached hydrogen (secondary N) is 1. The van der Waals surface area contributed by atoms with E-state index in [4.69, 9.17) is 9.47 Å². The number of benzene rings is 1. The molecule has 0 bridgehead atoms. The first kappa shape index (κ1) is 18.0. The van der Waals surface area contributed by atoms with Gasteiger partial charge in [0, 0.05) is 25.8 Å². The zero-order chi connectivity index (χ0) is 18.4. The van der Waals surface area contributed by atoms with Crippen LogP contribution in [0.4, 0.5) is 5.69 Å². The number of ether oxygens (including phenoxy) is 2. The van der Waals surface area contributed by atoms with Crippen LogP contribution in [0.2, 0.25) is 0 Å². The summed E-state index contributed by atoms with van der Waals surface area (Å²) < 4.78 is 10.7. The zero-order valence-electron chi connectivity index (χ0n) is 15.3. The van der Waals surface area contributed by atoms with Crippen molar-refractivity contribution in [3.63, 3.8) is 0 Å². The minimum absolute atomic E-state index is 0.134. The van der Waals surface area contributed by atoms with Crippen LogP contribution in [0.3, 0.4) is 0 Å². The van der Waals surface area contributed by atoms with Crippen molar-refractivity contribution in [3.8, 4) is 11.5 Å². The van der Waals surface area contributed by atoms with Crippen LogP contribution in [-0.2, 0) is 6.54 Å². The summed E-state index contributed by atoms with van der Waals surface area (Å²) in [7, 11) is 0. The molecule has 6 nitrogen and oxygen atoms in total. The topological polar surface area (TPSA) is 63.7 Å². The first-order chi connectivity index (χ1) is 12.7. The van der Waals surface area contributed by atoms with Crippen LogP contribution in [0.25, 0.3) is 0 Å². The molecule has 0 aliphatic carbocycles. The Labute approximate surface area is 154 Å². The number of pyridine rings is 1. The summed E-state index contributed by atoms with van der Waals surface area (Å²) in [6.45, 7) is 6.88. The average molecular weight is 355 g/mol.